The quantitative estimate of drug-likeness (QED) is 0.679. The van der Waals surface area contributed by atoms with Gasteiger partial charge in [0, 0.05) is 53.0 Å². The van der Waals surface area contributed by atoms with E-state index in [1.807, 2.05) is 6.20 Å². The lowest BCUT2D eigenvalue weighted by Crippen LogP contribution is -2.37. The summed E-state index contributed by atoms with van der Waals surface area (Å²) in [6, 6.07) is 12.7. The lowest BCUT2D eigenvalue weighted by atomic mass is 10.0. The molecule has 8 nitrogen and oxygen atoms in total. The van der Waals surface area contributed by atoms with Gasteiger partial charge in [0.2, 0.25) is 0 Å². The lowest BCUT2D eigenvalue weighted by molar-refractivity contribution is -0.192. The van der Waals surface area contributed by atoms with Gasteiger partial charge in [-0.1, -0.05) is 30.3 Å². The Morgan fingerprint density at radius 2 is 1.85 bits per heavy atom. The Bertz CT molecular complexity index is 887. The van der Waals surface area contributed by atoms with Gasteiger partial charge in [0.25, 0.3) is 0 Å². The molecule has 2 amide bonds. The van der Waals surface area contributed by atoms with Crippen molar-refractivity contribution in [2.24, 2.45) is 5.92 Å². The highest BCUT2D eigenvalue weighted by Gasteiger charge is 2.38. The van der Waals surface area contributed by atoms with Crippen molar-refractivity contribution in [2.45, 2.75) is 32.1 Å². The van der Waals surface area contributed by atoms with E-state index in [2.05, 4.69) is 56.4 Å². The van der Waals surface area contributed by atoms with E-state index in [0.29, 0.717) is 12.5 Å². The topological polar surface area (TPSA) is 90.7 Å². The third-order valence-corrected chi connectivity index (χ3v) is 5.17. The Balaban J connectivity index is 0.000000479. The summed E-state index contributed by atoms with van der Waals surface area (Å²) in [6.45, 7) is 4.63. The summed E-state index contributed by atoms with van der Waals surface area (Å²) in [5, 5.41) is 14.6. The van der Waals surface area contributed by atoms with Crippen LogP contribution in [-0.2, 0) is 24.3 Å². The van der Waals surface area contributed by atoms with Gasteiger partial charge in [-0.25, -0.2) is 9.59 Å². The molecule has 1 aliphatic rings. The summed E-state index contributed by atoms with van der Waals surface area (Å²) in [6.07, 6.45) is -1.18. The number of hydrogen-bond donors (Lipinski definition) is 2. The van der Waals surface area contributed by atoms with Crippen molar-refractivity contribution in [3.63, 3.8) is 0 Å². The fraction of sp³-hybridized carbons (Fsp3) is 0.500. The van der Waals surface area contributed by atoms with E-state index < -0.39 is 12.1 Å². The Hall–Kier alpha value is -3.08. The number of urea groups is 1. The van der Waals surface area contributed by atoms with Crippen molar-refractivity contribution >= 4 is 12.0 Å². The zero-order chi connectivity index (χ0) is 24.4. The number of fused-ring (bicyclic) bond motifs is 1. The number of amides is 2. The second-order valence-corrected chi connectivity index (χ2v) is 8.06. The molecule has 1 aromatic heterocycles. The van der Waals surface area contributed by atoms with Crippen LogP contribution in [0, 0.1) is 5.92 Å². The number of aliphatic carboxylic acids is 1. The molecule has 0 bridgehead atoms. The van der Waals surface area contributed by atoms with Gasteiger partial charge in [0.1, 0.15) is 0 Å². The van der Waals surface area contributed by atoms with Crippen LogP contribution in [0.5, 0.6) is 0 Å². The normalized spacial score (nSPS) is 16.1. The maximum Gasteiger partial charge on any atom is 0.490 e. The molecule has 0 spiro atoms. The van der Waals surface area contributed by atoms with Crippen LogP contribution in [0.3, 0.4) is 0 Å². The minimum absolute atomic E-state index is 0.0284. The van der Waals surface area contributed by atoms with Crippen LogP contribution < -0.4 is 5.32 Å². The third-order valence-electron chi connectivity index (χ3n) is 5.17. The fourth-order valence-corrected chi connectivity index (χ4v) is 3.45. The van der Waals surface area contributed by atoms with Crippen molar-refractivity contribution in [1.82, 2.24) is 24.9 Å². The number of benzene rings is 1. The van der Waals surface area contributed by atoms with E-state index in [-0.39, 0.29) is 6.03 Å². The first kappa shape index (κ1) is 26.2. The second-order valence-electron chi connectivity index (χ2n) is 8.06. The number of carboxylic acids is 1. The predicted molar refractivity (Wildman–Crippen MR) is 117 cm³/mol. The van der Waals surface area contributed by atoms with E-state index in [9.17, 15) is 18.0 Å². The largest absolute Gasteiger partial charge is 0.490 e. The third kappa shape index (κ3) is 9.13. The molecule has 2 aromatic rings. The standard InChI is InChI=1S/C20H29N5O.C2HF3O2/c1-23(2)20(26)21-11-8-18-14-24(13-10-17-6-4-3-5-7-17)16-19-9-12-22-25(19)15-18;3-2(4,5)1(6)7/h3-7,9,12,18H,8,10-11,13-16H2,1-2H3,(H,21,26);(H,6,7). The molecule has 1 aliphatic heterocycles. The molecule has 1 atom stereocenters. The van der Waals surface area contributed by atoms with Crippen molar-refractivity contribution in [3.8, 4) is 0 Å². The van der Waals surface area contributed by atoms with Crippen LogP contribution in [0.25, 0.3) is 0 Å². The Labute approximate surface area is 191 Å². The zero-order valence-electron chi connectivity index (χ0n) is 18.8. The zero-order valence-corrected chi connectivity index (χ0v) is 18.8. The van der Waals surface area contributed by atoms with Gasteiger partial charge in [-0.3, -0.25) is 9.58 Å². The maximum absolute atomic E-state index is 11.7. The number of halogens is 3. The summed E-state index contributed by atoms with van der Waals surface area (Å²) in [7, 11) is 3.53. The Kier molecular flexibility index (Phi) is 9.71. The van der Waals surface area contributed by atoms with E-state index in [1.165, 1.54) is 11.3 Å². The first-order chi connectivity index (χ1) is 15.6. The van der Waals surface area contributed by atoms with Gasteiger partial charge in [0.05, 0.1) is 5.69 Å². The molecule has 0 saturated carbocycles. The molecule has 1 unspecified atom stereocenters. The van der Waals surface area contributed by atoms with Crippen molar-refractivity contribution in [2.75, 3.05) is 33.7 Å². The van der Waals surface area contributed by atoms with Crippen molar-refractivity contribution in [3.05, 3.63) is 53.9 Å². The second kappa shape index (κ2) is 12.2. The predicted octanol–water partition coefficient (Wildman–Crippen LogP) is 2.85. The highest BCUT2D eigenvalue weighted by molar-refractivity contribution is 5.73. The number of rotatable bonds is 6. The first-order valence-corrected chi connectivity index (χ1v) is 10.6. The molecule has 0 fully saturated rings. The molecule has 2 N–H and O–H groups in total. The summed E-state index contributed by atoms with van der Waals surface area (Å²) in [5.41, 5.74) is 2.65. The minimum Gasteiger partial charge on any atom is -0.475 e. The average molecular weight is 470 g/mol. The molecular formula is C22H30F3N5O3. The molecule has 0 aliphatic carbocycles. The smallest absolute Gasteiger partial charge is 0.475 e. The number of nitrogens with zero attached hydrogens (tertiary/aromatic N) is 4. The van der Waals surface area contributed by atoms with Gasteiger partial charge in [-0.15, -0.1) is 0 Å². The van der Waals surface area contributed by atoms with Crippen LogP contribution in [0.1, 0.15) is 17.7 Å². The van der Waals surface area contributed by atoms with Crippen LogP contribution in [0.4, 0.5) is 18.0 Å². The number of carbonyl (C=O) groups excluding carboxylic acids is 1. The molecule has 2 heterocycles. The highest BCUT2D eigenvalue weighted by Crippen LogP contribution is 2.18. The lowest BCUT2D eigenvalue weighted by Gasteiger charge is -2.24. The number of carbonyl (C=O) groups is 2. The van der Waals surface area contributed by atoms with Gasteiger partial charge >= 0.3 is 18.2 Å². The SMILES string of the molecule is CN(C)C(=O)NCCC1CN(CCc2ccccc2)Cc2ccnn2C1.O=C(O)C(F)(F)F. The van der Waals surface area contributed by atoms with Gasteiger partial charge in [-0.05, 0) is 30.4 Å². The molecular weight excluding hydrogens is 439 g/mol. The summed E-state index contributed by atoms with van der Waals surface area (Å²) in [4.78, 5) is 24.7. The van der Waals surface area contributed by atoms with Crippen LogP contribution in [0.15, 0.2) is 42.6 Å². The first-order valence-electron chi connectivity index (χ1n) is 10.6. The molecule has 182 valence electrons. The highest BCUT2D eigenvalue weighted by atomic mass is 19.4. The van der Waals surface area contributed by atoms with Crippen molar-refractivity contribution in [1.29, 1.82) is 0 Å². The van der Waals surface area contributed by atoms with E-state index in [1.54, 1.807) is 19.0 Å². The van der Waals surface area contributed by atoms with E-state index >= 15 is 0 Å². The van der Waals surface area contributed by atoms with E-state index in [0.717, 1.165) is 39.0 Å². The van der Waals surface area contributed by atoms with Crippen LogP contribution >= 0.6 is 0 Å². The van der Waals surface area contributed by atoms with E-state index in [4.69, 9.17) is 9.90 Å². The van der Waals surface area contributed by atoms with Gasteiger partial charge < -0.3 is 15.3 Å². The Morgan fingerprint density at radius 3 is 2.45 bits per heavy atom. The van der Waals surface area contributed by atoms with Crippen LogP contribution in [-0.4, -0.2) is 76.6 Å². The molecule has 0 radical (unpaired) electrons. The number of nitrogens with one attached hydrogen (secondary N) is 1. The number of carboxylic acid groups (broad SMARTS) is 1. The monoisotopic (exact) mass is 469 g/mol. The summed E-state index contributed by atoms with van der Waals surface area (Å²) in [5.74, 6) is -2.28. The molecule has 0 saturated heterocycles. The van der Waals surface area contributed by atoms with Gasteiger partial charge in [0.15, 0.2) is 0 Å². The Morgan fingerprint density at radius 1 is 1.18 bits per heavy atom. The maximum atomic E-state index is 11.7. The fourth-order valence-electron chi connectivity index (χ4n) is 3.45. The average Bonchev–Trinajstić information content (AvgIpc) is 3.11. The number of hydrogen-bond acceptors (Lipinski definition) is 4. The molecule has 33 heavy (non-hydrogen) atoms. The summed E-state index contributed by atoms with van der Waals surface area (Å²) < 4.78 is 33.9. The van der Waals surface area contributed by atoms with Crippen LogP contribution in [0.2, 0.25) is 0 Å². The minimum atomic E-state index is -5.08. The molecule has 11 heteroatoms. The molecule has 1 aromatic carbocycles. The number of alkyl halides is 3. The molecule has 3 rings (SSSR count). The van der Waals surface area contributed by atoms with Gasteiger partial charge in [-0.2, -0.15) is 18.3 Å². The number of aromatic nitrogens is 2. The van der Waals surface area contributed by atoms with Crippen molar-refractivity contribution < 1.29 is 27.9 Å². The summed E-state index contributed by atoms with van der Waals surface area (Å²) >= 11 is 0.